The molecule has 0 spiro atoms. The van der Waals surface area contributed by atoms with Gasteiger partial charge in [-0.1, -0.05) is 18.2 Å². The van der Waals surface area contributed by atoms with E-state index in [1.807, 2.05) is 19.9 Å². The number of amidine groups is 1. The zero-order valence-electron chi connectivity index (χ0n) is 19.4. The Bertz CT molecular complexity index is 1510. The SMILES string of the molecule is Cc1cc(C(C)Nc2ccc(F)cc2/C(N)=N/NN)c2oc(-c3ccccc3F)c(C)c(=O)c2c1. The molecule has 0 aliphatic carbocycles. The summed E-state index contributed by atoms with van der Waals surface area (Å²) >= 11 is 0. The third-order valence-corrected chi connectivity index (χ3v) is 5.79. The van der Waals surface area contributed by atoms with Crippen molar-refractivity contribution in [3.63, 3.8) is 0 Å². The highest BCUT2D eigenvalue weighted by Gasteiger charge is 2.21. The van der Waals surface area contributed by atoms with Crippen molar-refractivity contribution in [2.45, 2.75) is 26.8 Å². The maximum Gasteiger partial charge on any atom is 0.196 e. The summed E-state index contributed by atoms with van der Waals surface area (Å²) in [6.45, 7) is 5.35. The van der Waals surface area contributed by atoms with Crippen molar-refractivity contribution < 1.29 is 13.2 Å². The van der Waals surface area contributed by atoms with Gasteiger partial charge in [0, 0.05) is 22.4 Å². The van der Waals surface area contributed by atoms with Gasteiger partial charge in [-0.25, -0.2) is 20.2 Å². The molecule has 4 rings (SSSR count). The zero-order valence-corrected chi connectivity index (χ0v) is 19.4. The van der Waals surface area contributed by atoms with E-state index in [9.17, 15) is 13.6 Å². The molecule has 0 radical (unpaired) electrons. The van der Waals surface area contributed by atoms with Gasteiger partial charge < -0.3 is 15.5 Å². The number of anilines is 1. The molecule has 180 valence electrons. The first kappa shape index (κ1) is 23.9. The highest BCUT2D eigenvalue weighted by Crippen LogP contribution is 2.33. The van der Waals surface area contributed by atoms with Crippen molar-refractivity contribution in [1.29, 1.82) is 0 Å². The van der Waals surface area contributed by atoms with Gasteiger partial charge in [0.1, 0.15) is 23.0 Å². The third-order valence-electron chi connectivity index (χ3n) is 5.79. The number of hydrogen-bond donors (Lipinski definition) is 4. The van der Waals surface area contributed by atoms with Crippen LogP contribution in [0, 0.1) is 25.5 Å². The van der Waals surface area contributed by atoms with Gasteiger partial charge in [-0.2, -0.15) is 0 Å². The molecule has 1 aromatic heterocycles. The van der Waals surface area contributed by atoms with Crippen molar-refractivity contribution in [1.82, 2.24) is 5.53 Å². The van der Waals surface area contributed by atoms with E-state index in [0.29, 0.717) is 33.3 Å². The number of fused-ring (bicyclic) bond motifs is 1. The molecule has 0 saturated carbocycles. The summed E-state index contributed by atoms with van der Waals surface area (Å²) in [4.78, 5) is 13.3. The summed E-state index contributed by atoms with van der Waals surface area (Å²) in [6, 6.07) is 13.4. The molecule has 1 heterocycles. The van der Waals surface area contributed by atoms with E-state index in [1.165, 1.54) is 24.3 Å². The van der Waals surface area contributed by atoms with Crippen LogP contribution in [0.4, 0.5) is 14.5 Å². The summed E-state index contributed by atoms with van der Waals surface area (Å²) in [6.07, 6.45) is 0. The molecule has 7 nitrogen and oxygen atoms in total. The van der Waals surface area contributed by atoms with Crippen molar-refractivity contribution in [3.05, 3.63) is 98.7 Å². The van der Waals surface area contributed by atoms with Crippen molar-refractivity contribution in [3.8, 4) is 11.3 Å². The van der Waals surface area contributed by atoms with Crippen LogP contribution < -0.4 is 27.9 Å². The van der Waals surface area contributed by atoms with Gasteiger partial charge in [0.05, 0.1) is 17.0 Å². The maximum atomic E-state index is 14.6. The van der Waals surface area contributed by atoms with E-state index in [-0.39, 0.29) is 22.6 Å². The van der Waals surface area contributed by atoms with Crippen LogP contribution in [-0.4, -0.2) is 5.84 Å². The molecule has 1 atom stereocenters. The normalized spacial score (nSPS) is 12.6. The number of aryl methyl sites for hydroxylation is 1. The minimum Gasteiger partial charge on any atom is -0.455 e. The Morgan fingerprint density at radius 3 is 2.54 bits per heavy atom. The van der Waals surface area contributed by atoms with Crippen LogP contribution in [0.25, 0.3) is 22.3 Å². The van der Waals surface area contributed by atoms with Crippen molar-refractivity contribution in [2.24, 2.45) is 16.7 Å². The first-order chi connectivity index (χ1) is 16.7. The molecular formula is C26H25F2N5O2. The summed E-state index contributed by atoms with van der Waals surface area (Å²) in [5.41, 5.74) is 11.0. The summed E-state index contributed by atoms with van der Waals surface area (Å²) in [5.74, 6) is 4.40. The Balaban J connectivity index is 1.88. The lowest BCUT2D eigenvalue weighted by molar-refractivity contribution is 0.586. The Morgan fingerprint density at radius 2 is 1.83 bits per heavy atom. The minimum absolute atomic E-state index is 0.0141. The molecule has 0 bridgehead atoms. The molecule has 9 heteroatoms. The Morgan fingerprint density at radius 1 is 1.09 bits per heavy atom. The Kier molecular flexibility index (Phi) is 6.52. The van der Waals surface area contributed by atoms with Crippen LogP contribution >= 0.6 is 0 Å². The fourth-order valence-corrected chi connectivity index (χ4v) is 4.09. The van der Waals surface area contributed by atoms with Crippen LogP contribution in [0.15, 0.2) is 68.9 Å². The lowest BCUT2D eigenvalue weighted by Crippen LogP contribution is -2.24. The first-order valence-corrected chi connectivity index (χ1v) is 10.9. The van der Waals surface area contributed by atoms with Crippen LogP contribution in [0.5, 0.6) is 0 Å². The maximum absolute atomic E-state index is 14.6. The molecule has 0 amide bonds. The van der Waals surface area contributed by atoms with Gasteiger partial charge in [-0.05, 0) is 62.7 Å². The van der Waals surface area contributed by atoms with Gasteiger partial charge in [0.25, 0.3) is 0 Å². The first-order valence-electron chi connectivity index (χ1n) is 10.9. The highest BCUT2D eigenvalue weighted by atomic mass is 19.1. The van der Waals surface area contributed by atoms with E-state index in [1.54, 1.807) is 31.2 Å². The number of rotatable bonds is 6. The molecule has 0 aliphatic rings. The fraction of sp³-hybridized carbons (Fsp3) is 0.154. The number of hydrazone groups is 1. The summed E-state index contributed by atoms with van der Waals surface area (Å²) in [7, 11) is 0. The molecule has 0 aliphatic heterocycles. The van der Waals surface area contributed by atoms with E-state index < -0.39 is 17.7 Å². The summed E-state index contributed by atoms with van der Waals surface area (Å²) < 4.78 is 34.7. The predicted molar refractivity (Wildman–Crippen MR) is 134 cm³/mol. The van der Waals surface area contributed by atoms with Crippen LogP contribution in [0.1, 0.15) is 35.2 Å². The van der Waals surface area contributed by atoms with Crippen LogP contribution in [0.3, 0.4) is 0 Å². The molecule has 0 saturated heterocycles. The molecule has 35 heavy (non-hydrogen) atoms. The number of hydrogen-bond acceptors (Lipinski definition) is 6. The van der Waals surface area contributed by atoms with Gasteiger partial charge in [0.15, 0.2) is 11.3 Å². The van der Waals surface area contributed by atoms with E-state index in [2.05, 4.69) is 16.0 Å². The number of hydrazine groups is 1. The molecule has 1 unspecified atom stereocenters. The van der Waals surface area contributed by atoms with Crippen molar-refractivity contribution >= 4 is 22.5 Å². The van der Waals surface area contributed by atoms with Crippen LogP contribution in [0.2, 0.25) is 0 Å². The second-order valence-corrected chi connectivity index (χ2v) is 8.28. The smallest absolute Gasteiger partial charge is 0.196 e. The van der Waals surface area contributed by atoms with E-state index in [0.717, 1.165) is 5.56 Å². The van der Waals surface area contributed by atoms with E-state index in [4.69, 9.17) is 16.0 Å². The summed E-state index contributed by atoms with van der Waals surface area (Å²) in [5, 5.41) is 7.41. The largest absolute Gasteiger partial charge is 0.455 e. The average molecular weight is 478 g/mol. The number of nitrogens with two attached hydrogens (primary N) is 2. The van der Waals surface area contributed by atoms with Gasteiger partial charge in [-0.3, -0.25) is 4.79 Å². The molecule has 0 fully saturated rings. The molecule has 3 aromatic carbocycles. The number of nitrogens with one attached hydrogen (secondary N) is 2. The third kappa shape index (κ3) is 4.58. The zero-order chi connectivity index (χ0) is 25.3. The second kappa shape index (κ2) is 9.55. The van der Waals surface area contributed by atoms with Crippen LogP contribution in [-0.2, 0) is 0 Å². The topological polar surface area (TPSA) is 119 Å². The standard InChI is InChI=1S/C26H25F2N5O2/c1-13-10-18(15(3)31-22-9-8-16(27)12-19(22)26(29)32-33-30)25-20(11-13)23(34)14(2)24(35-25)17-6-4-5-7-21(17)28/h4-12,15,31,33H,30H2,1-3H3,(H2,29,32). The highest BCUT2D eigenvalue weighted by molar-refractivity contribution is 6.02. The number of halogens is 2. The van der Waals surface area contributed by atoms with E-state index >= 15 is 0 Å². The Hall–Kier alpha value is -4.24. The van der Waals surface area contributed by atoms with Gasteiger partial charge in [0.2, 0.25) is 0 Å². The lowest BCUT2D eigenvalue weighted by atomic mass is 9.98. The lowest BCUT2D eigenvalue weighted by Gasteiger charge is -2.20. The predicted octanol–water partition coefficient (Wildman–Crippen LogP) is 4.61. The monoisotopic (exact) mass is 477 g/mol. The molecular weight excluding hydrogens is 452 g/mol. The minimum atomic E-state index is -0.495. The van der Waals surface area contributed by atoms with Gasteiger partial charge in [-0.15, -0.1) is 5.10 Å². The fourth-order valence-electron chi connectivity index (χ4n) is 4.09. The van der Waals surface area contributed by atoms with Gasteiger partial charge >= 0.3 is 0 Å². The second-order valence-electron chi connectivity index (χ2n) is 8.28. The molecule has 6 N–H and O–H groups in total. The van der Waals surface area contributed by atoms with Crippen molar-refractivity contribution in [2.75, 3.05) is 5.32 Å². The quantitative estimate of drug-likeness (QED) is 0.139. The average Bonchev–Trinajstić information content (AvgIpc) is 2.83. The number of benzene rings is 3. The Labute approximate surface area is 200 Å². The molecule has 4 aromatic rings. The number of nitrogens with zero attached hydrogens (tertiary/aromatic N) is 1.